The maximum Gasteiger partial charge on any atom is 0.311 e. The highest BCUT2D eigenvalue weighted by atomic mass is 35.5. The number of halogens is 1. The van der Waals surface area contributed by atoms with Crippen molar-refractivity contribution in [3.63, 3.8) is 0 Å². The van der Waals surface area contributed by atoms with E-state index in [1.165, 1.54) is 29.7 Å². The lowest BCUT2D eigenvalue weighted by Gasteiger charge is -2.03. The second kappa shape index (κ2) is 7.38. The van der Waals surface area contributed by atoms with Crippen LogP contribution in [0.2, 0.25) is 5.02 Å². The Hall–Kier alpha value is -3.29. The minimum atomic E-state index is -0.639. The van der Waals surface area contributed by atoms with Crippen molar-refractivity contribution in [2.24, 2.45) is 4.99 Å². The predicted molar refractivity (Wildman–Crippen MR) is 112 cm³/mol. The zero-order valence-corrected chi connectivity index (χ0v) is 15.8. The quantitative estimate of drug-likeness (QED) is 0.255. The lowest BCUT2D eigenvalue weighted by atomic mass is 10.2. The number of phenols is 1. The molecule has 138 valence electrons. The Balaban J connectivity index is 1.71. The SMILES string of the molecule is O=[N+]([O-])c1cccc(C=Nc2ccc(Cl)c(-c3nc4ccccc4s3)c2)c1O. The van der Waals surface area contributed by atoms with Crippen LogP contribution in [-0.2, 0) is 0 Å². The molecule has 0 bridgehead atoms. The Morgan fingerprint density at radius 2 is 1.96 bits per heavy atom. The molecule has 0 aliphatic carbocycles. The van der Waals surface area contributed by atoms with E-state index in [0.717, 1.165) is 20.8 Å². The highest BCUT2D eigenvalue weighted by molar-refractivity contribution is 7.21. The molecule has 0 aliphatic rings. The van der Waals surface area contributed by atoms with Gasteiger partial charge in [0.2, 0.25) is 5.75 Å². The first-order valence-corrected chi connectivity index (χ1v) is 9.38. The van der Waals surface area contributed by atoms with Crippen molar-refractivity contribution < 1.29 is 10.0 Å². The summed E-state index contributed by atoms with van der Waals surface area (Å²) in [4.78, 5) is 19.2. The van der Waals surface area contributed by atoms with Crippen molar-refractivity contribution in [3.05, 3.63) is 81.4 Å². The Morgan fingerprint density at radius 3 is 2.75 bits per heavy atom. The Morgan fingerprint density at radius 1 is 1.14 bits per heavy atom. The van der Waals surface area contributed by atoms with Crippen molar-refractivity contribution in [1.29, 1.82) is 0 Å². The van der Waals surface area contributed by atoms with Crippen LogP contribution in [0.25, 0.3) is 20.8 Å². The monoisotopic (exact) mass is 409 g/mol. The first-order chi connectivity index (χ1) is 13.5. The number of aliphatic imine (C=N–C) groups is 1. The van der Waals surface area contributed by atoms with E-state index >= 15 is 0 Å². The first kappa shape index (κ1) is 18.1. The van der Waals surface area contributed by atoms with Crippen LogP contribution >= 0.6 is 22.9 Å². The van der Waals surface area contributed by atoms with Crippen molar-refractivity contribution >= 4 is 50.7 Å². The van der Waals surface area contributed by atoms with Crippen LogP contribution in [-0.4, -0.2) is 21.2 Å². The predicted octanol–water partition coefficient (Wildman–Crippen LogP) is 5.98. The number of nitro benzene ring substituents is 1. The highest BCUT2D eigenvalue weighted by Crippen LogP contribution is 2.36. The van der Waals surface area contributed by atoms with Gasteiger partial charge < -0.3 is 5.11 Å². The van der Waals surface area contributed by atoms with Crippen molar-refractivity contribution in [3.8, 4) is 16.3 Å². The molecule has 0 unspecified atom stereocenters. The molecule has 0 fully saturated rings. The number of phenolic OH excluding ortho intramolecular Hbond substituents is 1. The zero-order valence-electron chi connectivity index (χ0n) is 14.2. The summed E-state index contributed by atoms with van der Waals surface area (Å²) in [7, 11) is 0. The van der Waals surface area contributed by atoms with Crippen molar-refractivity contribution in [2.45, 2.75) is 0 Å². The van der Waals surface area contributed by atoms with Gasteiger partial charge in [0, 0.05) is 23.4 Å². The first-order valence-electron chi connectivity index (χ1n) is 8.19. The molecule has 0 amide bonds. The molecule has 0 spiro atoms. The second-order valence-electron chi connectivity index (χ2n) is 5.88. The summed E-state index contributed by atoms with van der Waals surface area (Å²) < 4.78 is 1.06. The molecule has 1 aromatic heterocycles. The minimum absolute atomic E-state index is 0.255. The number of rotatable bonds is 4. The van der Waals surface area contributed by atoms with E-state index in [1.54, 1.807) is 24.3 Å². The summed E-state index contributed by atoms with van der Waals surface area (Å²) >= 11 is 7.89. The number of aromatic nitrogens is 1. The van der Waals surface area contributed by atoms with Crippen molar-refractivity contribution in [2.75, 3.05) is 0 Å². The van der Waals surface area contributed by atoms with Crippen LogP contribution < -0.4 is 0 Å². The molecular formula is C20H12ClN3O3S. The van der Waals surface area contributed by atoms with E-state index in [9.17, 15) is 15.2 Å². The van der Waals surface area contributed by atoms with Gasteiger partial charge in [0.05, 0.1) is 25.8 Å². The van der Waals surface area contributed by atoms with Gasteiger partial charge in [-0.15, -0.1) is 11.3 Å². The molecular weight excluding hydrogens is 398 g/mol. The topological polar surface area (TPSA) is 88.6 Å². The van der Waals surface area contributed by atoms with Gasteiger partial charge in [-0.05, 0) is 36.4 Å². The number of nitro groups is 1. The molecule has 4 aromatic rings. The number of fused-ring (bicyclic) bond motifs is 1. The lowest BCUT2D eigenvalue weighted by molar-refractivity contribution is -0.385. The maximum absolute atomic E-state index is 10.9. The smallest absolute Gasteiger partial charge is 0.311 e. The Labute approximate surface area is 168 Å². The number of para-hydroxylation sites is 2. The molecule has 0 aliphatic heterocycles. The standard InChI is InChI=1S/C20H12ClN3O3S/c21-15-9-8-13(22-11-12-4-3-6-17(19(12)25)24(26)27)10-14(15)20-23-16-5-1-2-7-18(16)28-20/h1-11,25H. The van der Waals surface area contributed by atoms with E-state index < -0.39 is 10.7 Å². The van der Waals surface area contributed by atoms with E-state index in [1.807, 2.05) is 24.3 Å². The van der Waals surface area contributed by atoms with Crippen LogP contribution in [0.4, 0.5) is 11.4 Å². The number of aromatic hydroxyl groups is 1. The molecule has 4 rings (SSSR count). The zero-order chi connectivity index (χ0) is 19.7. The van der Waals surface area contributed by atoms with Gasteiger partial charge in [0.25, 0.3) is 0 Å². The average molecular weight is 410 g/mol. The van der Waals surface area contributed by atoms with E-state index in [4.69, 9.17) is 11.6 Å². The number of hydrogen-bond acceptors (Lipinski definition) is 6. The van der Waals surface area contributed by atoms with Crippen molar-refractivity contribution in [1.82, 2.24) is 4.98 Å². The molecule has 1 heterocycles. The van der Waals surface area contributed by atoms with Gasteiger partial charge in [-0.1, -0.05) is 29.8 Å². The third-order valence-corrected chi connectivity index (χ3v) is 5.47. The van der Waals surface area contributed by atoms with Crippen LogP contribution in [0.5, 0.6) is 5.75 Å². The Bertz CT molecular complexity index is 1200. The lowest BCUT2D eigenvalue weighted by Crippen LogP contribution is -1.91. The molecule has 0 saturated heterocycles. The normalized spacial score (nSPS) is 11.3. The number of benzene rings is 3. The highest BCUT2D eigenvalue weighted by Gasteiger charge is 2.15. The van der Waals surface area contributed by atoms with E-state index in [2.05, 4.69) is 9.98 Å². The molecule has 8 heteroatoms. The molecule has 0 saturated carbocycles. The summed E-state index contributed by atoms with van der Waals surface area (Å²) in [6.07, 6.45) is 1.38. The Kier molecular flexibility index (Phi) is 4.77. The third-order valence-electron chi connectivity index (χ3n) is 4.07. The summed E-state index contributed by atoms with van der Waals surface area (Å²) in [5.74, 6) is -0.420. The molecule has 0 atom stereocenters. The number of hydrogen-bond donors (Lipinski definition) is 1. The maximum atomic E-state index is 10.9. The molecule has 28 heavy (non-hydrogen) atoms. The van der Waals surface area contributed by atoms with Gasteiger partial charge in [-0.2, -0.15) is 0 Å². The summed E-state index contributed by atoms with van der Waals surface area (Å²) in [6, 6.07) is 17.4. The fraction of sp³-hybridized carbons (Fsp3) is 0. The van der Waals surface area contributed by atoms with Gasteiger partial charge >= 0.3 is 5.69 Å². The van der Waals surface area contributed by atoms with Gasteiger partial charge in [0.15, 0.2) is 0 Å². The fourth-order valence-electron chi connectivity index (χ4n) is 2.69. The summed E-state index contributed by atoms with van der Waals surface area (Å²) in [5.41, 5.74) is 2.13. The number of nitrogens with zero attached hydrogens (tertiary/aromatic N) is 3. The number of thiazole rings is 1. The van der Waals surface area contributed by atoms with Gasteiger partial charge in [-0.3, -0.25) is 15.1 Å². The molecule has 1 N–H and O–H groups in total. The van der Waals surface area contributed by atoms with Gasteiger partial charge in [-0.25, -0.2) is 4.98 Å². The largest absolute Gasteiger partial charge is 0.502 e. The van der Waals surface area contributed by atoms with Crippen LogP contribution in [0.3, 0.4) is 0 Å². The molecule has 3 aromatic carbocycles. The summed E-state index contributed by atoms with van der Waals surface area (Å²) in [6.45, 7) is 0. The van der Waals surface area contributed by atoms with Gasteiger partial charge in [0.1, 0.15) is 5.01 Å². The molecule has 0 radical (unpaired) electrons. The molecule has 6 nitrogen and oxygen atoms in total. The van der Waals surface area contributed by atoms with E-state index in [0.29, 0.717) is 10.7 Å². The summed E-state index contributed by atoms with van der Waals surface area (Å²) in [5, 5.41) is 22.3. The van der Waals surface area contributed by atoms with Crippen LogP contribution in [0.15, 0.2) is 65.7 Å². The minimum Gasteiger partial charge on any atom is -0.502 e. The average Bonchev–Trinajstić information content (AvgIpc) is 3.12. The third kappa shape index (κ3) is 3.45. The van der Waals surface area contributed by atoms with Crippen LogP contribution in [0, 0.1) is 10.1 Å². The van der Waals surface area contributed by atoms with E-state index in [-0.39, 0.29) is 11.3 Å². The van der Waals surface area contributed by atoms with Crippen LogP contribution in [0.1, 0.15) is 5.56 Å². The second-order valence-corrected chi connectivity index (χ2v) is 7.32. The fourth-order valence-corrected chi connectivity index (χ4v) is 3.95.